The second kappa shape index (κ2) is 30.1. The summed E-state index contributed by atoms with van der Waals surface area (Å²) >= 11 is 0. The molecule has 3 aromatic rings. The third-order valence-corrected chi connectivity index (χ3v) is 13.3. The van der Waals surface area contributed by atoms with E-state index in [1.165, 1.54) is 0 Å². The van der Waals surface area contributed by atoms with E-state index >= 15 is 0 Å². The second-order valence-electron chi connectivity index (χ2n) is 23.8. The summed E-state index contributed by atoms with van der Waals surface area (Å²) in [5, 5.41) is 21.0. The van der Waals surface area contributed by atoms with Crippen LogP contribution in [0.25, 0.3) is 0 Å². The number of rotatable bonds is 28. The average Bonchev–Trinajstić information content (AvgIpc) is 4.13. The highest BCUT2D eigenvalue weighted by Crippen LogP contribution is 2.28. The van der Waals surface area contributed by atoms with Crippen molar-refractivity contribution in [2.75, 3.05) is 118 Å². The maximum atomic E-state index is 11.5. The lowest BCUT2D eigenvalue weighted by molar-refractivity contribution is 0.365. The molecule has 3 aromatic carbocycles. The number of likely N-dealkylation sites (N-methyl/N-ethyl adjacent to an activating group) is 2. The van der Waals surface area contributed by atoms with E-state index in [4.69, 9.17) is 5.73 Å². The highest BCUT2D eigenvalue weighted by Gasteiger charge is 2.35. The van der Waals surface area contributed by atoms with Crippen LogP contribution >= 0.6 is 0 Å². The van der Waals surface area contributed by atoms with Gasteiger partial charge in [0, 0.05) is 65.4 Å². The van der Waals surface area contributed by atoms with Crippen LogP contribution in [0.15, 0.2) is 28.8 Å². The summed E-state index contributed by atoms with van der Waals surface area (Å²) < 4.78 is 25.5. The zero-order chi connectivity index (χ0) is 54.4. The van der Waals surface area contributed by atoms with Gasteiger partial charge in [-0.1, -0.05) is 83.1 Å². The summed E-state index contributed by atoms with van der Waals surface area (Å²) in [6.07, 6.45) is 9.84. The zero-order valence-electron chi connectivity index (χ0n) is 46.4. The average molecular weight is 1020 g/mol. The normalized spacial score (nSPS) is 13.2. The largest absolute Gasteiger partial charge is 0.380 e. The minimum Gasteiger partial charge on any atom is -0.380 e. The van der Waals surface area contributed by atoms with Gasteiger partial charge in [0.05, 0.1) is 5.25 Å². The van der Waals surface area contributed by atoms with Gasteiger partial charge in [-0.2, -0.15) is 0 Å². The van der Waals surface area contributed by atoms with E-state index in [2.05, 4.69) is 125 Å². The maximum Gasteiger partial charge on any atom is 0.253 e. The molecule has 0 radical (unpaired) electrons. The summed E-state index contributed by atoms with van der Waals surface area (Å²) in [5.74, 6) is 0. The molecule has 0 saturated heterocycles. The van der Waals surface area contributed by atoms with Crippen molar-refractivity contribution in [2.45, 2.75) is 153 Å². The van der Waals surface area contributed by atoms with Crippen LogP contribution < -0.4 is 80.2 Å². The Bertz CT molecular complexity index is 2340. The number of nitrogens with one attached hydrogen (secondary N) is 8. The maximum absolute atomic E-state index is 11.5. The molecule has 1 aliphatic carbocycles. The van der Waals surface area contributed by atoms with Crippen LogP contribution in [0.3, 0.4) is 0 Å². The van der Waals surface area contributed by atoms with Gasteiger partial charge in [-0.3, -0.25) is 28.8 Å². The molecule has 0 atom stereocenters. The minimum atomic E-state index is -2.95. The lowest BCUT2D eigenvalue weighted by atomic mass is 9.90. The van der Waals surface area contributed by atoms with E-state index in [9.17, 15) is 37.2 Å². The first-order valence-electron chi connectivity index (χ1n) is 25.7. The molecule has 1 saturated carbocycles. The predicted octanol–water partition coefficient (Wildman–Crippen LogP) is 5.43. The van der Waals surface area contributed by atoms with Gasteiger partial charge in [0.25, 0.3) is 32.6 Å². The highest BCUT2D eigenvalue weighted by molar-refractivity contribution is 7.90. The molecule has 0 amide bonds. The first-order chi connectivity index (χ1) is 32.8. The lowest BCUT2D eigenvalue weighted by Crippen LogP contribution is -2.38. The highest BCUT2D eigenvalue weighted by atomic mass is 32.2. The van der Waals surface area contributed by atoms with Crippen LogP contribution in [-0.4, -0.2) is 105 Å². The van der Waals surface area contributed by atoms with E-state index in [-0.39, 0.29) is 10.7 Å². The summed E-state index contributed by atoms with van der Waals surface area (Å²) in [4.78, 5) is 70.7. The van der Waals surface area contributed by atoms with E-state index in [1.54, 1.807) is 0 Å². The molecule has 0 unspecified atom stereocenters. The molecule has 1 aliphatic rings. The molecule has 0 heterocycles. The molecular formula is C52H96N10O8S. The van der Waals surface area contributed by atoms with Crippen molar-refractivity contribution in [2.24, 2.45) is 27.4 Å². The molecule has 4 rings (SSSR count). The Morgan fingerprint density at radius 3 is 1.00 bits per heavy atom. The van der Waals surface area contributed by atoms with Gasteiger partial charge in [0.1, 0.15) is 34.1 Å². The summed E-state index contributed by atoms with van der Waals surface area (Å²) in [5.41, 5.74) is 6.67. The van der Waals surface area contributed by atoms with Gasteiger partial charge in [-0.15, -0.1) is 0 Å². The number of hydrogen-bond acceptors (Lipinski definition) is 17. The van der Waals surface area contributed by atoms with Gasteiger partial charge < -0.3 is 47.9 Å². The Morgan fingerprint density at radius 1 is 0.451 bits per heavy atom. The number of nitrogens with two attached hydrogens (primary N) is 1. The first-order valence-corrected chi connectivity index (χ1v) is 27.2. The van der Waals surface area contributed by atoms with Crippen molar-refractivity contribution in [1.29, 1.82) is 0 Å². The number of anilines is 6. The summed E-state index contributed by atoms with van der Waals surface area (Å²) in [6.45, 7) is 32.8. The standard InChI is InChI=1S/C15H27N3O2.C14H25N3O2.C13H23N3O2.C10H21NO2S/c1-15(2,3)7-6-8-16-11-12(14(20)13(11)19)17-9-10-18(4)5;1-14(2,3)6-5-7-16-10-11(13(19)12(10)18)17-9-8-15-4;1-13(2,3)5-4-7-15-9-10(16-8-6-14)12(18)11(9)17;1-10(2,3)7-4-8-11-14(12,13)9-5-6-9/h16-17H,6-10H2,1-5H3;15-17H,5-9H2,1-4H3;15-16H,4-8,14H2,1-3H3;9,11H,4-8H2,1-3H3. The van der Waals surface area contributed by atoms with Crippen LogP contribution in [0.4, 0.5) is 34.1 Å². The monoisotopic (exact) mass is 1020 g/mol. The molecule has 0 bridgehead atoms. The predicted molar refractivity (Wildman–Crippen MR) is 301 cm³/mol. The Labute approximate surface area is 425 Å². The van der Waals surface area contributed by atoms with Gasteiger partial charge in [0.15, 0.2) is 0 Å². The van der Waals surface area contributed by atoms with Crippen molar-refractivity contribution >= 4 is 44.1 Å². The van der Waals surface area contributed by atoms with Crippen molar-refractivity contribution in [3.8, 4) is 0 Å². The smallest absolute Gasteiger partial charge is 0.253 e. The van der Waals surface area contributed by atoms with Crippen molar-refractivity contribution in [1.82, 2.24) is 14.9 Å². The Kier molecular flexibility index (Phi) is 27.5. The van der Waals surface area contributed by atoms with Crippen LogP contribution in [0.1, 0.15) is 147 Å². The van der Waals surface area contributed by atoms with Crippen LogP contribution in [-0.2, 0) is 10.0 Å². The Morgan fingerprint density at radius 2 is 0.732 bits per heavy atom. The van der Waals surface area contributed by atoms with E-state index in [1.807, 2.05) is 26.0 Å². The summed E-state index contributed by atoms with van der Waals surface area (Å²) in [6, 6.07) is 0. The fourth-order valence-corrected chi connectivity index (χ4v) is 8.35. The third kappa shape index (κ3) is 26.4. The molecule has 0 aromatic heterocycles. The quantitative estimate of drug-likeness (QED) is 0.0324. The molecular weight excluding hydrogens is 925 g/mol. The van der Waals surface area contributed by atoms with Crippen molar-refractivity contribution < 1.29 is 8.42 Å². The SMILES string of the molecule is CC(C)(C)CCCNS(=O)(=O)C1CC1.CC(C)(C)CCCNc1c(NCCN)c(=O)c1=O.CN(C)CCNc1c(NCCCC(C)(C)C)c(=O)c1=O.CNCCNc1c(NCCCC(C)(C)C)c(=O)c1=O. The van der Waals surface area contributed by atoms with Gasteiger partial charge >= 0.3 is 0 Å². The fraction of sp³-hybridized carbons (Fsp3) is 0.769. The van der Waals surface area contributed by atoms with Gasteiger partial charge in [-0.25, -0.2) is 13.1 Å². The van der Waals surface area contributed by atoms with Crippen LogP contribution in [0.2, 0.25) is 0 Å². The number of nitrogens with zero attached hydrogens (tertiary/aromatic N) is 1. The van der Waals surface area contributed by atoms with Crippen molar-refractivity contribution in [3.63, 3.8) is 0 Å². The van der Waals surface area contributed by atoms with E-state index in [0.29, 0.717) is 89.6 Å². The molecule has 19 heteroatoms. The summed E-state index contributed by atoms with van der Waals surface area (Å²) in [7, 11) is 2.82. The molecule has 18 nitrogen and oxygen atoms in total. The van der Waals surface area contributed by atoms with Crippen molar-refractivity contribution in [3.05, 3.63) is 61.3 Å². The number of sulfonamides is 1. The molecule has 0 aliphatic heterocycles. The third-order valence-electron chi connectivity index (χ3n) is 11.3. The Hall–Kier alpha value is -4.17. The zero-order valence-corrected chi connectivity index (χ0v) is 47.2. The second-order valence-corrected chi connectivity index (χ2v) is 25.8. The molecule has 408 valence electrons. The molecule has 0 spiro atoms. The fourth-order valence-electron chi connectivity index (χ4n) is 6.93. The lowest BCUT2D eigenvalue weighted by Gasteiger charge is -2.19. The van der Waals surface area contributed by atoms with E-state index in [0.717, 1.165) is 90.4 Å². The molecule has 1 fully saturated rings. The van der Waals surface area contributed by atoms with Gasteiger partial charge in [-0.05, 0) is 107 Å². The molecule has 71 heavy (non-hydrogen) atoms. The first kappa shape index (κ1) is 64.8. The Balaban J connectivity index is 0.000000477. The topological polar surface area (TPSA) is 262 Å². The van der Waals surface area contributed by atoms with Crippen LogP contribution in [0, 0.1) is 21.7 Å². The van der Waals surface area contributed by atoms with Gasteiger partial charge in [0.2, 0.25) is 10.0 Å². The van der Waals surface area contributed by atoms with Crippen LogP contribution in [0.5, 0.6) is 0 Å². The van der Waals surface area contributed by atoms with E-state index < -0.39 is 42.6 Å². The number of hydrogen-bond donors (Lipinski definition) is 9. The molecule has 10 N–H and O–H groups in total. The minimum absolute atomic E-state index is 0.0860.